The van der Waals surface area contributed by atoms with Crippen LogP contribution >= 0.6 is 0 Å². The highest BCUT2D eigenvalue weighted by atomic mass is 15.0. The van der Waals surface area contributed by atoms with Gasteiger partial charge in [-0.25, -0.2) is 0 Å². The summed E-state index contributed by atoms with van der Waals surface area (Å²) in [5.74, 6) is 0. The number of hydrogen-bond donors (Lipinski definition) is 4. The van der Waals surface area contributed by atoms with Crippen LogP contribution in [0.4, 0.5) is 0 Å². The molecular weight excluding hydrogens is 592 g/mol. The molecule has 8 nitrogen and oxygen atoms in total. The van der Waals surface area contributed by atoms with Crippen molar-refractivity contribution in [1.82, 2.24) is 21.3 Å². The average Bonchev–Trinajstić information content (AvgIpc) is 3.15. The van der Waals surface area contributed by atoms with E-state index in [1.807, 2.05) is 24.3 Å². The predicted octanol–water partition coefficient (Wildman–Crippen LogP) is 4.32. The van der Waals surface area contributed by atoms with Crippen LogP contribution in [0.1, 0.15) is 22.3 Å². The standard InChI is InChI=1S/C40H48N8/c1-5-13-33(14-6-1)37-38(34-15-7-2-8-16-34)46-30-26-42-23-24-44-28-32-48-40(36-19-11-4-12-20-36)39(35-17-9-3-10-18-35)47-31-27-43-22-21-41-25-29-45-37/h1-20,41-44H,21-32H2. The van der Waals surface area contributed by atoms with Crippen LogP contribution in [0.3, 0.4) is 0 Å². The van der Waals surface area contributed by atoms with E-state index in [-0.39, 0.29) is 0 Å². The second-order valence-corrected chi connectivity index (χ2v) is 11.4. The van der Waals surface area contributed by atoms with Gasteiger partial charge in [0.25, 0.3) is 0 Å². The molecule has 1 heterocycles. The summed E-state index contributed by atoms with van der Waals surface area (Å²) in [6.45, 7) is 9.15. The van der Waals surface area contributed by atoms with Crippen molar-refractivity contribution in [3.8, 4) is 0 Å². The summed E-state index contributed by atoms with van der Waals surface area (Å²) in [5, 5.41) is 14.2. The zero-order valence-corrected chi connectivity index (χ0v) is 27.8. The van der Waals surface area contributed by atoms with Crippen molar-refractivity contribution in [3.63, 3.8) is 0 Å². The fraction of sp³-hybridized carbons (Fsp3) is 0.300. The molecule has 5 rings (SSSR count). The maximum absolute atomic E-state index is 5.10. The Morgan fingerprint density at radius 3 is 0.688 bits per heavy atom. The SMILES string of the molecule is c1ccc(C2=NCCNCCNCCN=C(c3ccccc3)C(c3ccccc3)=NCCNCCNCCN=C2c2ccccc2)cc1. The van der Waals surface area contributed by atoms with Crippen LogP contribution in [0.2, 0.25) is 0 Å². The summed E-state index contributed by atoms with van der Waals surface area (Å²) in [7, 11) is 0. The Kier molecular flexibility index (Phi) is 14.9. The van der Waals surface area contributed by atoms with Gasteiger partial charge in [-0.3, -0.25) is 20.0 Å². The molecule has 48 heavy (non-hydrogen) atoms. The predicted molar refractivity (Wildman–Crippen MR) is 203 cm³/mol. The summed E-state index contributed by atoms with van der Waals surface area (Å²) < 4.78 is 0. The first-order valence-corrected chi connectivity index (χ1v) is 17.1. The molecule has 0 saturated carbocycles. The zero-order chi connectivity index (χ0) is 32.9. The van der Waals surface area contributed by atoms with E-state index < -0.39 is 0 Å². The van der Waals surface area contributed by atoms with Gasteiger partial charge >= 0.3 is 0 Å². The van der Waals surface area contributed by atoms with Gasteiger partial charge in [0.15, 0.2) is 0 Å². The molecule has 4 aromatic carbocycles. The molecule has 0 spiro atoms. The van der Waals surface area contributed by atoms with E-state index in [1.54, 1.807) is 0 Å². The van der Waals surface area contributed by atoms with Gasteiger partial charge in [0.2, 0.25) is 0 Å². The third kappa shape index (κ3) is 11.3. The molecule has 0 saturated heterocycles. The van der Waals surface area contributed by atoms with Gasteiger partial charge in [0.05, 0.1) is 49.0 Å². The van der Waals surface area contributed by atoms with Crippen LogP contribution < -0.4 is 21.3 Å². The van der Waals surface area contributed by atoms with E-state index in [9.17, 15) is 0 Å². The maximum atomic E-state index is 5.10. The van der Waals surface area contributed by atoms with Crippen molar-refractivity contribution in [3.05, 3.63) is 144 Å². The van der Waals surface area contributed by atoms with Crippen LogP contribution in [0, 0.1) is 0 Å². The summed E-state index contributed by atoms with van der Waals surface area (Å²) in [6, 6.07) is 41.6. The Morgan fingerprint density at radius 1 is 0.271 bits per heavy atom. The van der Waals surface area contributed by atoms with E-state index in [4.69, 9.17) is 20.0 Å². The highest BCUT2D eigenvalue weighted by Crippen LogP contribution is 2.12. The van der Waals surface area contributed by atoms with Crippen LogP contribution in [-0.4, -0.2) is 101 Å². The lowest BCUT2D eigenvalue weighted by Gasteiger charge is -2.14. The molecule has 0 bridgehead atoms. The van der Waals surface area contributed by atoms with E-state index in [0.29, 0.717) is 26.2 Å². The van der Waals surface area contributed by atoms with Crippen molar-refractivity contribution in [2.75, 3.05) is 78.5 Å². The lowest BCUT2D eigenvalue weighted by atomic mass is 9.99. The number of hydrogen-bond acceptors (Lipinski definition) is 8. The second-order valence-electron chi connectivity index (χ2n) is 11.4. The van der Waals surface area contributed by atoms with Gasteiger partial charge in [-0.05, 0) is 0 Å². The molecule has 0 aromatic heterocycles. The minimum atomic E-state index is 0.659. The van der Waals surface area contributed by atoms with Crippen molar-refractivity contribution in [1.29, 1.82) is 0 Å². The van der Waals surface area contributed by atoms with Crippen molar-refractivity contribution in [2.24, 2.45) is 20.0 Å². The van der Waals surface area contributed by atoms with Gasteiger partial charge in [-0.15, -0.1) is 0 Å². The third-order valence-corrected chi connectivity index (χ3v) is 7.83. The first-order chi connectivity index (χ1) is 23.9. The lowest BCUT2D eigenvalue weighted by molar-refractivity contribution is 0.618. The van der Waals surface area contributed by atoms with Crippen LogP contribution in [0.15, 0.2) is 141 Å². The molecule has 248 valence electrons. The van der Waals surface area contributed by atoms with E-state index in [0.717, 1.165) is 97.5 Å². The number of rotatable bonds is 4. The van der Waals surface area contributed by atoms with Gasteiger partial charge in [0.1, 0.15) is 0 Å². The first kappa shape index (κ1) is 34.7. The summed E-state index contributed by atoms with van der Waals surface area (Å²) in [6.07, 6.45) is 0. The number of aliphatic imine (C=N–C) groups is 4. The Bertz CT molecular complexity index is 1350. The maximum Gasteiger partial charge on any atom is 0.0905 e. The molecule has 0 radical (unpaired) electrons. The Hall–Kier alpha value is -4.60. The van der Waals surface area contributed by atoms with E-state index >= 15 is 0 Å². The Morgan fingerprint density at radius 2 is 0.479 bits per heavy atom. The van der Waals surface area contributed by atoms with Gasteiger partial charge in [-0.1, -0.05) is 121 Å². The van der Waals surface area contributed by atoms with E-state index in [1.165, 1.54) is 0 Å². The molecule has 0 unspecified atom stereocenters. The average molecular weight is 641 g/mol. The fourth-order valence-corrected chi connectivity index (χ4v) is 5.44. The quantitative estimate of drug-likeness (QED) is 0.267. The van der Waals surface area contributed by atoms with Crippen molar-refractivity contribution < 1.29 is 0 Å². The number of benzene rings is 4. The second kappa shape index (κ2) is 20.6. The Balaban J connectivity index is 1.31. The molecule has 4 aromatic rings. The zero-order valence-electron chi connectivity index (χ0n) is 27.8. The number of nitrogens with zero attached hydrogens (tertiary/aromatic N) is 4. The lowest BCUT2D eigenvalue weighted by Crippen LogP contribution is -2.31. The minimum absolute atomic E-state index is 0.659. The Labute approximate surface area is 285 Å². The fourth-order valence-electron chi connectivity index (χ4n) is 5.44. The summed E-state index contributed by atoms with van der Waals surface area (Å²) >= 11 is 0. The van der Waals surface area contributed by atoms with Gasteiger partial charge in [-0.2, -0.15) is 0 Å². The normalized spacial score (nSPS) is 17.2. The molecule has 1 aliphatic rings. The number of nitrogens with one attached hydrogen (secondary N) is 4. The molecule has 1 aliphatic heterocycles. The largest absolute Gasteiger partial charge is 0.314 e. The van der Waals surface area contributed by atoms with Crippen LogP contribution in [0.5, 0.6) is 0 Å². The molecule has 0 fully saturated rings. The van der Waals surface area contributed by atoms with Crippen LogP contribution in [-0.2, 0) is 0 Å². The third-order valence-electron chi connectivity index (χ3n) is 7.83. The molecule has 8 heteroatoms. The molecule has 4 N–H and O–H groups in total. The monoisotopic (exact) mass is 640 g/mol. The molecule has 0 amide bonds. The highest BCUT2D eigenvalue weighted by molar-refractivity contribution is 6.54. The summed E-state index contributed by atoms with van der Waals surface area (Å²) in [4.78, 5) is 20.4. The highest BCUT2D eigenvalue weighted by Gasteiger charge is 2.15. The first-order valence-electron chi connectivity index (χ1n) is 17.1. The van der Waals surface area contributed by atoms with Crippen molar-refractivity contribution in [2.45, 2.75) is 0 Å². The summed E-state index contributed by atoms with van der Waals surface area (Å²) in [5.41, 5.74) is 8.03. The molecule has 0 aliphatic carbocycles. The topological polar surface area (TPSA) is 97.6 Å². The minimum Gasteiger partial charge on any atom is -0.314 e. The van der Waals surface area contributed by atoms with Gasteiger partial charge < -0.3 is 21.3 Å². The van der Waals surface area contributed by atoms with Crippen LogP contribution in [0.25, 0.3) is 0 Å². The molecular formula is C40H48N8. The smallest absolute Gasteiger partial charge is 0.0905 e. The van der Waals surface area contributed by atoms with Crippen molar-refractivity contribution >= 4 is 22.8 Å². The van der Waals surface area contributed by atoms with Gasteiger partial charge in [0, 0.05) is 74.6 Å². The molecule has 0 atom stereocenters. The van der Waals surface area contributed by atoms with E-state index in [2.05, 4.69) is 118 Å².